The summed E-state index contributed by atoms with van der Waals surface area (Å²) in [4.78, 5) is 1.70. The summed E-state index contributed by atoms with van der Waals surface area (Å²) in [6.07, 6.45) is 0. The van der Waals surface area contributed by atoms with Crippen LogP contribution in [0.2, 0.25) is 0 Å². The maximum Gasteiger partial charge on any atom is 0.256 e. The Kier molecular flexibility index (Phi) is 7.96. The van der Waals surface area contributed by atoms with E-state index in [0.29, 0.717) is 0 Å². The van der Waals surface area contributed by atoms with Gasteiger partial charge in [0.1, 0.15) is 0 Å². The summed E-state index contributed by atoms with van der Waals surface area (Å²) in [7, 11) is 0. The molecular weight excluding hydrogens is 158 g/mol. The van der Waals surface area contributed by atoms with Crippen molar-refractivity contribution >= 4 is 29.8 Å². The van der Waals surface area contributed by atoms with Crippen molar-refractivity contribution in [3.05, 3.63) is 0 Å². The second-order valence-electron chi connectivity index (χ2n) is 1.45. The highest BCUT2D eigenvalue weighted by molar-refractivity contribution is 7.79. The summed E-state index contributed by atoms with van der Waals surface area (Å²) in [5.74, 6) is 0. The molecule has 0 spiro atoms. The van der Waals surface area contributed by atoms with E-state index in [2.05, 4.69) is 12.2 Å². The van der Waals surface area contributed by atoms with Crippen LogP contribution in [-0.4, -0.2) is 28.3 Å². The quantitative estimate of drug-likeness (QED) is 0.636. The van der Waals surface area contributed by atoms with Gasteiger partial charge in [0.05, 0.1) is 0 Å². The van der Waals surface area contributed by atoms with Crippen molar-refractivity contribution in [1.29, 1.82) is 0 Å². The summed E-state index contributed by atoms with van der Waals surface area (Å²) in [5, 5.41) is 8.66. The van der Waals surface area contributed by atoms with Crippen LogP contribution in [0.15, 0.2) is 0 Å². The Morgan fingerprint density at radius 1 is 1.44 bits per heavy atom. The van der Waals surface area contributed by atoms with Gasteiger partial charge < -0.3 is 10.0 Å². The lowest BCUT2D eigenvalue weighted by molar-refractivity contribution is 0.371. The molecule has 0 aromatic carbocycles. The Labute approximate surface area is 67.3 Å². The van der Waals surface area contributed by atoms with E-state index < -0.39 is 0 Å². The Balaban J connectivity index is 0. The minimum absolute atomic E-state index is 0. The molecule has 0 saturated heterocycles. The number of aliphatic hydroxyl groups is 1. The van der Waals surface area contributed by atoms with Gasteiger partial charge in [0.2, 0.25) is 0 Å². The molecule has 9 heavy (non-hydrogen) atoms. The Morgan fingerprint density at radius 3 is 1.78 bits per heavy atom. The van der Waals surface area contributed by atoms with Crippen molar-refractivity contribution in [2.45, 2.75) is 13.8 Å². The smallest absolute Gasteiger partial charge is 0.256 e. The van der Waals surface area contributed by atoms with Crippen molar-refractivity contribution in [2.24, 2.45) is 0 Å². The van der Waals surface area contributed by atoms with E-state index in [0.717, 1.165) is 13.1 Å². The van der Waals surface area contributed by atoms with Gasteiger partial charge >= 0.3 is 0 Å². The summed E-state index contributed by atoms with van der Waals surface area (Å²) < 4.78 is 0. The molecule has 0 aliphatic carbocycles. The SMILES string of the molecule is CCN(CC)C(O)=S.Cl. The largest absolute Gasteiger partial charge is 0.487 e. The minimum atomic E-state index is -0.00463. The van der Waals surface area contributed by atoms with Crippen LogP contribution in [0, 0.1) is 0 Å². The zero-order valence-corrected chi connectivity index (χ0v) is 7.26. The normalized spacial score (nSPS) is 7.78. The lowest BCUT2D eigenvalue weighted by atomic mass is 10.6. The van der Waals surface area contributed by atoms with Crippen LogP contribution >= 0.6 is 24.6 Å². The molecule has 0 rings (SSSR count). The first-order valence-electron chi connectivity index (χ1n) is 2.70. The molecule has 0 amide bonds. The topological polar surface area (TPSA) is 23.5 Å². The van der Waals surface area contributed by atoms with Gasteiger partial charge in [-0.1, -0.05) is 0 Å². The molecule has 0 bridgehead atoms. The highest BCUT2D eigenvalue weighted by Gasteiger charge is 1.98. The van der Waals surface area contributed by atoms with Crippen molar-refractivity contribution < 1.29 is 5.11 Å². The van der Waals surface area contributed by atoms with Crippen LogP contribution in [0.5, 0.6) is 0 Å². The van der Waals surface area contributed by atoms with E-state index in [4.69, 9.17) is 5.11 Å². The number of rotatable bonds is 2. The van der Waals surface area contributed by atoms with Gasteiger partial charge in [-0.25, -0.2) is 0 Å². The lowest BCUT2D eigenvalue weighted by Gasteiger charge is -2.15. The summed E-state index contributed by atoms with van der Waals surface area (Å²) in [5.41, 5.74) is 0. The summed E-state index contributed by atoms with van der Waals surface area (Å²) >= 11 is 4.50. The van der Waals surface area contributed by atoms with Crippen LogP contribution in [0.25, 0.3) is 0 Å². The average Bonchev–Trinajstić information content (AvgIpc) is 1.69. The molecule has 0 fully saturated rings. The highest BCUT2D eigenvalue weighted by atomic mass is 35.5. The molecule has 1 N–H and O–H groups in total. The molecule has 0 aliphatic heterocycles. The van der Waals surface area contributed by atoms with E-state index in [1.807, 2.05) is 13.8 Å². The number of hydrogen-bond acceptors (Lipinski definition) is 1. The number of thiocarbonyl (C=S) groups is 1. The summed E-state index contributed by atoms with van der Waals surface area (Å²) in [6.45, 7) is 5.47. The van der Waals surface area contributed by atoms with E-state index >= 15 is 0 Å². The molecule has 0 unspecified atom stereocenters. The van der Waals surface area contributed by atoms with Crippen LogP contribution in [-0.2, 0) is 0 Å². The van der Waals surface area contributed by atoms with Crippen LogP contribution < -0.4 is 0 Å². The van der Waals surface area contributed by atoms with Gasteiger partial charge in [-0.3, -0.25) is 0 Å². The van der Waals surface area contributed by atoms with Crippen molar-refractivity contribution in [2.75, 3.05) is 13.1 Å². The molecule has 2 nitrogen and oxygen atoms in total. The number of aliphatic hydroxyl groups excluding tert-OH is 1. The zero-order valence-electron chi connectivity index (χ0n) is 5.63. The maximum atomic E-state index is 8.67. The lowest BCUT2D eigenvalue weighted by Crippen LogP contribution is -2.28. The first kappa shape index (κ1) is 11.7. The molecule has 0 aromatic rings. The molecule has 4 heteroatoms. The number of nitrogens with zero attached hydrogens (tertiary/aromatic N) is 1. The molecule has 0 radical (unpaired) electrons. The van der Waals surface area contributed by atoms with Crippen molar-refractivity contribution in [1.82, 2.24) is 4.90 Å². The van der Waals surface area contributed by atoms with Gasteiger partial charge in [-0.05, 0) is 26.1 Å². The maximum absolute atomic E-state index is 8.67. The van der Waals surface area contributed by atoms with Gasteiger partial charge in [0.25, 0.3) is 5.17 Å². The molecular formula is C5H12ClNOS. The molecule has 0 heterocycles. The fourth-order valence-corrected chi connectivity index (χ4v) is 0.752. The summed E-state index contributed by atoms with van der Waals surface area (Å²) in [6, 6.07) is 0. The standard InChI is InChI=1S/C5H11NOS.ClH/c1-3-6(4-2)5(7)8;/h3-4H2,1-2H3,(H,7,8);1H. The molecule has 0 saturated carbocycles. The number of hydrogen-bond donors (Lipinski definition) is 1. The van der Waals surface area contributed by atoms with Gasteiger partial charge in [-0.2, -0.15) is 0 Å². The van der Waals surface area contributed by atoms with Gasteiger partial charge in [0.15, 0.2) is 0 Å². The second-order valence-corrected chi connectivity index (χ2v) is 1.82. The van der Waals surface area contributed by atoms with Crippen LogP contribution in [0.3, 0.4) is 0 Å². The van der Waals surface area contributed by atoms with Crippen molar-refractivity contribution in [3.8, 4) is 0 Å². The van der Waals surface area contributed by atoms with E-state index in [1.54, 1.807) is 4.90 Å². The van der Waals surface area contributed by atoms with Crippen LogP contribution in [0.1, 0.15) is 13.8 Å². The third-order valence-electron chi connectivity index (χ3n) is 1.03. The fourth-order valence-electron chi connectivity index (χ4n) is 0.494. The first-order valence-corrected chi connectivity index (χ1v) is 3.11. The van der Waals surface area contributed by atoms with E-state index in [1.165, 1.54) is 0 Å². The van der Waals surface area contributed by atoms with Crippen LogP contribution in [0.4, 0.5) is 0 Å². The Bertz CT molecular complexity index is 85.0. The molecule has 0 aliphatic rings. The second kappa shape index (κ2) is 6.11. The minimum Gasteiger partial charge on any atom is -0.487 e. The first-order chi connectivity index (χ1) is 3.72. The van der Waals surface area contributed by atoms with Crippen molar-refractivity contribution in [3.63, 3.8) is 0 Å². The molecule has 0 aromatic heterocycles. The Morgan fingerprint density at radius 2 is 1.78 bits per heavy atom. The predicted octanol–water partition coefficient (Wildman–Crippen LogP) is 1.59. The third kappa shape index (κ3) is 4.48. The van der Waals surface area contributed by atoms with Gasteiger partial charge in [0, 0.05) is 13.1 Å². The molecule has 56 valence electrons. The van der Waals surface area contributed by atoms with Gasteiger partial charge in [-0.15, -0.1) is 12.4 Å². The fraction of sp³-hybridized carbons (Fsp3) is 0.800. The monoisotopic (exact) mass is 169 g/mol. The third-order valence-corrected chi connectivity index (χ3v) is 1.29. The van der Waals surface area contributed by atoms with E-state index in [9.17, 15) is 0 Å². The Hall–Kier alpha value is -0.0200. The van der Waals surface area contributed by atoms with E-state index in [-0.39, 0.29) is 17.6 Å². The predicted molar refractivity (Wildman–Crippen MR) is 45.4 cm³/mol. The zero-order chi connectivity index (χ0) is 6.57. The number of halogens is 1. The molecule has 0 atom stereocenters. The average molecular weight is 170 g/mol. The highest BCUT2D eigenvalue weighted by Crippen LogP contribution is 1.85.